The first-order chi connectivity index (χ1) is 11.3. The van der Waals surface area contributed by atoms with Crippen LogP contribution in [0, 0.1) is 0 Å². The molecule has 0 aliphatic rings. The number of imide groups is 1. The first-order valence-electron chi connectivity index (χ1n) is 8.20. The van der Waals surface area contributed by atoms with E-state index in [0.717, 1.165) is 12.0 Å². The maximum Gasteiger partial charge on any atom is 0.321 e. The zero-order chi connectivity index (χ0) is 18.1. The Bertz CT molecular complexity index is 567. The molecule has 24 heavy (non-hydrogen) atoms. The first kappa shape index (κ1) is 19.7. The molecule has 0 fully saturated rings. The highest BCUT2D eigenvalue weighted by Crippen LogP contribution is 2.08. The summed E-state index contributed by atoms with van der Waals surface area (Å²) in [5, 5.41) is 4.66. The van der Waals surface area contributed by atoms with Crippen LogP contribution in [0.4, 0.5) is 4.79 Å². The number of urea groups is 1. The van der Waals surface area contributed by atoms with Crippen LogP contribution in [0.3, 0.4) is 0 Å². The van der Waals surface area contributed by atoms with E-state index in [1.807, 2.05) is 24.3 Å². The van der Waals surface area contributed by atoms with Crippen molar-refractivity contribution in [3.8, 4) is 0 Å². The van der Waals surface area contributed by atoms with Gasteiger partial charge in [-0.3, -0.25) is 14.9 Å². The fourth-order valence-corrected chi connectivity index (χ4v) is 2.01. The number of amides is 3. The van der Waals surface area contributed by atoms with E-state index in [1.165, 1.54) is 12.5 Å². The molecule has 0 aromatic heterocycles. The second-order valence-corrected chi connectivity index (χ2v) is 5.92. The number of rotatable bonds is 7. The molecule has 132 valence electrons. The molecule has 1 aromatic carbocycles. The third-order valence-electron chi connectivity index (χ3n) is 3.38. The molecule has 6 nitrogen and oxygen atoms in total. The third-order valence-corrected chi connectivity index (χ3v) is 3.38. The summed E-state index contributed by atoms with van der Waals surface area (Å²) < 4.78 is 5.05. The van der Waals surface area contributed by atoms with Gasteiger partial charge in [0.15, 0.2) is 6.10 Å². The predicted molar refractivity (Wildman–Crippen MR) is 91.5 cm³/mol. The summed E-state index contributed by atoms with van der Waals surface area (Å²) in [5.41, 5.74) is 2.28. The molecule has 0 aliphatic heterocycles. The minimum atomic E-state index is -1.02. The van der Waals surface area contributed by atoms with Crippen LogP contribution in [0.25, 0.3) is 0 Å². The topological polar surface area (TPSA) is 84.5 Å². The lowest BCUT2D eigenvalue weighted by atomic mass is 10.1. The lowest BCUT2D eigenvalue weighted by Gasteiger charge is -2.14. The second kappa shape index (κ2) is 9.70. The van der Waals surface area contributed by atoms with E-state index in [9.17, 15) is 14.4 Å². The van der Waals surface area contributed by atoms with Crippen LogP contribution >= 0.6 is 0 Å². The SMILES string of the molecule is CCc1ccc(CCC(=O)O[C@H](C)C(=O)NC(=O)NC(C)C)cc1. The molecule has 6 heteroatoms. The summed E-state index contributed by atoms with van der Waals surface area (Å²) >= 11 is 0. The van der Waals surface area contributed by atoms with Gasteiger partial charge < -0.3 is 10.1 Å². The number of carbonyl (C=O) groups is 3. The Balaban J connectivity index is 2.37. The number of hydrogen-bond acceptors (Lipinski definition) is 4. The van der Waals surface area contributed by atoms with E-state index in [1.54, 1.807) is 13.8 Å². The average Bonchev–Trinajstić information content (AvgIpc) is 2.52. The van der Waals surface area contributed by atoms with Crippen LogP contribution in [0.15, 0.2) is 24.3 Å². The number of nitrogens with one attached hydrogen (secondary N) is 2. The van der Waals surface area contributed by atoms with Crippen LogP contribution in [0.2, 0.25) is 0 Å². The summed E-state index contributed by atoms with van der Waals surface area (Å²) in [5.74, 6) is -1.12. The highest BCUT2D eigenvalue weighted by Gasteiger charge is 2.20. The highest BCUT2D eigenvalue weighted by atomic mass is 16.5. The molecular formula is C18H26N2O4. The van der Waals surface area contributed by atoms with Crippen LogP contribution < -0.4 is 10.6 Å². The maximum atomic E-state index is 11.8. The van der Waals surface area contributed by atoms with Crippen molar-refractivity contribution in [2.45, 2.75) is 59.1 Å². The fourth-order valence-electron chi connectivity index (χ4n) is 2.01. The van der Waals surface area contributed by atoms with Crippen LogP contribution in [0.5, 0.6) is 0 Å². The largest absolute Gasteiger partial charge is 0.453 e. The third kappa shape index (κ3) is 7.26. The number of benzene rings is 1. The molecule has 0 unspecified atom stereocenters. The van der Waals surface area contributed by atoms with Crippen molar-refractivity contribution in [1.82, 2.24) is 10.6 Å². The van der Waals surface area contributed by atoms with Gasteiger partial charge in [0.05, 0.1) is 0 Å². The molecule has 0 saturated heterocycles. The van der Waals surface area contributed by atoms with Crippen molar-refractivity contribution in [2.24, 2.45) is 0 Å². The predicted octanol–water partition coefficient (Wildman–Crippen LogP) is 2.35. The first-order valence-corrected chi connectivity index (χ1v) is 8.20. The van der Waals surface area contributed by atoms with E-state index in [2.05, 4.69) is 17.6 Å². The van der Waals surface area contributed by atoms with Gasteiger partial charge in [-0.05, 0) is 44.7 Å². The molecule has 1 aromatic rings. The minimum Gasteiger partial charge on any atom is -0.453 e. The summed E-state index contributed by atoms with van der Waals surface area (Å²) in [4.78, 5) is 35.0. The van der Waals surface area contributed by atoms with Crippen molar-refractivity contribution in [3.63, 3.8) is 0 Å². The van der Waals surface area contributed by atoms with Gasteiger partial charge in [0.25, 0.3) is 5.91 Å². The van der Waals surface area contributed by atoms with Gasteiger partial charge in [-0.2, -0.15) is 0 Å². The lowest BCUT2D eigenvalue weighted by molar-refractivity contribution is -0.154. The average molecular weight is 334 g/mol. The van der Waals surface area contributed by atoms with E-state index >= 15 is 0 Å². The fraction of sp³-hybridized carbons (Fsp3) is 0.500. The van der Waals surface area contributed by atoms with E-state index in [-0.39, 0.29) is 12.5 Å². The molecule has 0 heterocycles. The smallest absolute Gasteiger partial charge is 0.321 e. The number of hydrogen-bond donors (Lipinski definition) is 2. The molecule has 0 bridgehead atoms. The molecule has 3 amide bonds. The van der Waals surface area contributed by atoms with Crippen LogP contribution in [0.1, 0.15) is 45.2 Å². The Labute approximate surface area is 143 Å². The van der Waals surface area contributed by atoms with Gasteiger partial charge in [-0.1, -0.05) is 31.2 Å². The minimum absolute atomic E-state index is 0.0882. The van der Waals surface area contributed by atoms with Gasteiger partial charge >= 0.3 is 12.0 Å². The van der Waals surface area contributed by atoms with Gasteiger partial charge in [0.2, 0.25) is 0 Å². The maximum absolute atomic E-state index is 11.8. The van der Waals surface area contributed by atoms with Crippen molar-refractivity contribution < 1.29 is 19.1 Å². The van der Waals surface area contributed by atoms with E-state index in [4.69, 9.17) is 4.74 Å². The molecule has 0 radical (unpaired) electrons. The Hall–Kier alpha value is -2.37. The Kier molecular flexibility index (Phi) is 7.95. The zero-order valence-corrected chi connectivity index (χ0v) is 14.7. The molecule has 1 atom stereocenters. The molecule has 0 saturated carbocycles. The summed E-state index contributed by atoms with van der Waals surface area (Å²) in [6, 6.07) is 7.34. The van der Waals surface area contributed by atoms with Crippen molar-refractivity contribution >= 4 is 17.9 Å². The van der Waals surface area contributed by atoms with E-state index in [0.29, 0.717) is 6.42 Å². The molecular weight excluding hydrogens is 308 g/mol. The number of aryl methyl sites for hydroxylation is 2. The Morgan fingerprint density at radius 3 is 2.17 bits per heavy atom. The van der Waals surface area contributed by atoms with Crippen molar-refractivity contribution in [2.75, 3.05) is 0 Å². The van der Waals surface area contributed by atoms with Gasteiger partial charge in [-0.15, -0.1) is 0 Å². The normalized spacial score (nSPS) is 11.7. The summed E-state index contributed by atoms with van der Waals surface area (Å²) in [6.07, 6.45) is 0.684. The summed E-state index contributed by atoms with van der Waals surface area (Å²) in [7, 11) is 0. The quantitative estimate of drug-likeness (QED) is 0.750. The van der Waals surface area contributed by atoms with Crippen molar-refractivity contribution in [3.05, 3.63) is 35.4 Å². The number of carbonyl (C=O) groups excluding carboxylic acids is 3. The van der Waals surface area contributed by atoms with Gasteiger partial charge in [0, 0.05) is 12.5 Å². The van der Waals surface area contributed by atoms with Crippen LogP contribution in [-0.4, -0.2) is 30.1 Å². The molecule has 2 N–H and O–H groups in total. The van der Waals surface area contributed by atoms with E-state index < -0.39 is 24.0 Å². The van der Waals surface area contributed by atoms with Crippen molar-refractivity contribution in [1.29, 1.82) is 0 Å². The van der Waals surface area contributed by atoms with Gasteiger partial charge in [0.1, 0.15) is 0 Å². The summed E-state index contributed by atoms with van der Waals surface area (Å²) in [6.45, 7) is 7.08. The van der Waals surface area contributed by atoms with Crippen LogP contribution in [-0.2, 0) is 27.2 Å². The number of ether oxygens (including phenoxy) is 1. The Morgan fingerprint density at radius 1 is 1.04 bits per heavy atom. The second-order valence-electron chi connectivity index (χ2n) is 5.92. The highest BCUT2D eigenvalue weighted by molar-refractivity contribution is 5.97. The Morgan fingerprint density at radius 2 is 1.62 bits per heavy atom. The lowest BCUT2D eigenvalue weighted by Crippen LogP contribution is -2.46. The number of esters is 1. The standard InChI is InChI=1S/C18H26N2O4/c1-5-14-6-8-15(9-7-14)10-11-16(21)24-13(4)17(22)20-18(23)19-12(2)3/h6-9,12-13H,5,10-11H2,1-4H3,(H2,19,20,22,23)/t13-/m1/s1. The monoisotopic (exact) mass is 334 g/mol. The van der Waals surface area contributed by atoms with Gasteiger partial charge in [-0.25, -0.2) is 4.79 Å². The molecule has 0 spiro atoms. The zero-order valence-electron chi connectivity index (χ0n) is 14.7. The molecule has 0 aliphatic carbocycles. The molecule has 1 rings (SSSR count).